The van der Waals surface area contributed by atoms with Crippen molar-refractivity contribution in [3.63, 3.8) is 0 Å². The number of anilines is 2. The third-order valence-corrected chi connectivity index (χ3v) is 5.84. The third-order valence-electron chi connectivity index (χ3n) is 5.55. The number of carbonyl (C=O) groups excluding carboxylic acids is 2. The van der Waals surface area contributed by atoms with Crippen LogP contribution < -0.4 is 10.2 Å². The van der Waals surface area contributed by atoms with Crippen LogP contribution in [0.15, 0.2) is 24.4 Å². The molecule has 1 aromatic heterocycles. The van der Waals surface area contributed by atoms with E-state index >= 15 is 0 Å². The SMILES string of the molecule is COCC1CC(=O)N(c2cnn3c2CN(C(=O)Nc2ccc(F)c(Cl)c2)C(C)C3)C1. The molecule has 1 N–H and O–H groups in total. The van der Waals surface area contributed by atoms with Crippen LogP contribution in [0.4, 0.5) is 20.6 Å². The average Bonchev–Trinajstić information content (AvgIpc) is 3.26. The second-order valence-corrected chi connectivity index (χ2v) is 8.13. The summed E-state index contributed by atoms with van der Waals surface area (Å²) in [6.07, 6.45) is 2.13. The van der Waals surface area contributed by atoms with Gasteiger partial charge in [0, 0.05) is 31.7 Å². The highest BCUT2D eigenvalue weighted by atomic mass is 35.5. The van der Waals surface area contributed by atoms with Crippen molar-refractivity contribution in [1.29, 1.82) is 0 Å². The molecule has 0 aliphatic carbocycles. The number of urea groups is 1. The standard InChI is InChI=1S/C20H23ClFN5O3/c1-12-8-27-18(17(7-23-27)26-9-13(11-30-2)5-19(26)28)10-25(12)20(29)24-14-3-4-16(22)15(21)6-14/h3-4,6-7,12-13H,5,8-11H2,1-2H3,(H,24,29). The Labute approximate surface area is 178 Å². The number of ether oxygens (including phenoxy) is 1. The molecular formula is C20H23ClFN5O3. The maximum atomic E-state index is 13.4. The van der Waals surface area contributed by atoms with Crippen LogP contribution in [0.25, 0.3) is 0 Å². The average molecular weight is 436 g/mol. The number of carbonyl (C=O) groups is 2. The lowest BCUT2D eigenvalue weighted by Crippen LogP contribution is -2.47. The van der Waals surface area contributed by atoms with Gasteiger partial charge in [-0.15, -0.1) is 0 Å². The van der Waals surface area contributed by atoms with Gasteiger partial charge in [0.05, 0.1) is 48.3 Å². The molecule has 0 spiro atoms. The maximum absolute atomic E-state index is 13.4. The van der Waals surface area contributed by atoms with Gasteiger partial charge in [-0.05, 0) is 25.1 Å². The van der Waals surface area contributed by atoms with Gasteiger partial charge in [-0.25, -0.2) is 9.18 Å². The van der Waals surface area contributed by atoms with Gasteiger partial charge in [0.1, 0.15) is 5.82 Å². The fourth-order valence-electron chi connectivity index (χ4n) is 4.02. The van der Waals surface area contributed by atoms with Gasteiger partial charge in [-0.2, -0.15) is 5.10 Å². The summed E-state index contributed by atoms with van der Waals surface area (Å²) in [5.74, 6) is -0.372. The van der Waals surface area contributed by atoms with Gasteiger partial charge in [0.2, 0.25) is 5.91 Å². The molecule has 0 saturated carbocycles. The van der Waals surface area contributed by atoms with E-state index in [1.54, 1.807) is 23.1 Å². The quantitative estimate of drug-likeness (QED) is 0.800. The fraction of sp³-hybridized carbons (Fsp3) is 0.450. The normalized spacial score (nSPS) is 21.1. The molecule has 3 amide bonds. The van der Waals surface area contributed by atoms with E-state index in [0.29, 0.717) is 38.3 Å². The van der Waals surface area contributed by atoms with Crippen molar-refractivity contribution in [1.82, 2.24) is 14.7 Å². The summed E-state index contributed by atoms with van der Waals surface area (Å²) >= 11 is 5.81. The Morgan fingerprint density at radius 3 is 2.93 bits per heavy atom. The van der Waals surface area contributed by atoms with E-state index < -0.39 is 5.82 Å². The number of hydrogen-bond donors (Lipinski definition) is 1. The molecule has 2 aromatic rings. The number of methoxy groups -OCH3 is 1. The van der Waals surface area contributed by atoms with E-state index in [4.69, 9.17) is 16.3 Å². The van der Waals surface area contributed by atoms with Crippen LogP contribution in [-0.4, -0.2) is 52.9 Å². The fourth-order valence-corrected chi connectivity index (χ4v) is 4.20. The molecule has 2 aliphatic heterocycles. The molecule has 1 fully saturated rings. The molecule has 10 heteroatoms. The summed E-state index contributed by atoms with van der Waals surface area (Å²) in [7, 11) is 1.63. The number of fused-ring (bicyclic) bond motifs is 1. The highest BCUT2D eigenvalue weighted by Gasteiger charge is 2.36. The zero-order valence-electron chi connectivity index (χ0n) is 16.8. The minimum atomic E-state index is -0.545. The minimum absolute atomic E-state index is 0.0310. The number of nitrogens with one attached hydrogen (secondary N) is 1. The number of amides is 3. The summed E-state index contributed by atoms with van der Waals surface area (Å²) < 4.78 is 20.4. The second kappa shape index (κ2) is 8.23. The molecule has 1 saturated heterocycles. The molecule has 1 aromatic carbocycles. The van der Waals surface area contributed by atoms with Gasteiger partial charge < -0.3 is 19.9 Å². The predicted octanol–water partition coefficient (Wildman–Crippen LogP) is 3.11. The summed E-state index contributed by atoms with van der Waals surface area (Å²) in [6, 6.07) is 3.60. The molecule has 3 heterocycles. The molecule has 0 radical (unpaired) electrons. The van der Waals surface area contributed by atoms with Gasteiger partial charge in [-0.3, -0.25) is 9.48 Å². The number of benzene rings is 1. The molecule has 160 valence electrons. The van der Waals surface area contributed by atoms with Crippen molar-refractivity contribution in [2.24, 2.45) is 5.92 Å². The molecule has 8 nitrogen and oxygen atoms in total. The number of halogens is 2. The Bertz CT molecular complexity index is 981. The zero-order chi connectivity index (χ0) is 21.4. The summed E-state index contributed by atoms with van der Waals surface area (Å²) in [6.45, 7) is 3.84. The maximum Gasteiger partial charge on any atom is 0.322 e. The van der Waals surface area contributed by atoms with Crippen LogP contribution in [0.5, 0.6) is 0 Å². The second-order valence-electron chi connectivity index (χ2n) is 7.72. The number of nitrogens with zero attached hydrogens (tertiary/aromatic N) is 4. The van der Waals surface area contributed by atoms with E-state index in [2.05, 4.69) is 10.4 Å². The third kappa shape index (κ3) is 3.87. The molecule has 2 aliphatic rings. The molecule has 30 heavy (non-hydrogen) atoms. The molecule has 0 bridgehead atoms. The Kier molecular flexibility index (Phi) is 5.66. The molecule has 4 rings (SSSR count). The lowest BCUT2D eigenvalue weighted by Gasteiger charge is -2.35. The predicted molar refractivity (Wildman–Crippen MR) is 110 cm³/mol. The lowest BCUT2D eigenvalue weighted by molar-refractivity contribution is -0.117. The smallest absolute Gasteiger partial charge is 0.322 e. The summed E-state index contributed by atoms with van der Waals surface area (Å²) in [4.78, 5) is 28.8. The zero-order valence-corrected chi connectivity index (χ0v) is 17.5. The van der Waals surface area contributed by atoms with Gasteiger partial charge in [-0.1, -0.05) is 11.6 Å². The van der Waals surface area contributed by atoms with Crippen LogP contribution in [0, 0.1) is 11.7 Å². The number of aromatic nitrogens is 2. The summed E-state index contributed by atoms with van der Waals surface area (Å²) in [5, 5.41) is 7.14. The number of hydrogen-bond acceptors (Lipinski definition) is 4. The van der Waals surface area contributed by atoms with Crippen LogP contribution in [0.3, 0.4) is 0 Å². The van der Waals surface area contributed by atoms with Crippen molar-refractivity contribution in [2.45, 2.75) is 32.5 Å². The van der Waals surface area contributed by atoms with Crippen molar-refractivity contribution in [3.05, 3.63) is 40.9 Å². The largest absolute Gasteiger partial charge is 0.384 e. The van der Waals surface area contributed by atoms with Crippen LogP contribution in [0.1, 0.15) is 19.0 Å². The van der Waals surface area contributed by atoms with Crippen LogP contribution >= 0.6 is 11.6 Å². The monoisotopic (exact) mass is 435 g/mol. The van der Waals surface area contributed by atoms with Crippen molar-refractivity contribution >= 4 is 34.9 Å². The van der Waals surface area contributed by atoms with Crippen molar-refractivity contribution in [2.75, 3.05) is 30.5 Å². The van der Waals surface area contributed by atoms with E-state index in [9.17, 15) is 14.0 Å². The van der Waals surface area contributed by atoms with E-state index in [0.717, 1.165) is 11.4 Å². The molecule has 2 unspecified atom stereocenters. The first-order chi connectivity index (χ1) is 14.4. The van der Waals surface area contributed by atoms with Gasteiger partial charge >= 0.3 is 6.03 Å². The van der Waals surface area contributed by atoms with Gasteiger partial charge in [0.15, 0.2) is 0 Å². The highest BCUT2D eigenvalue weighted by Crippen LogP contribution is 2.32. The Morgan fingerprint density at radius 1 is 1.40 bits per heavy atom. The first kappa shape index (κ1) is 20.6. The van der Waals surface area contributed by atoms with E-state index in [1.165, 1.54) is 18.2 Å². The van der Waals surface area contributed by atoms with Crippen molar-refractivity contribution < 1.29 is 18.7 Å². The van der Waals surface area contributed by atoms with Crippen molar-refractivity contribution in [3.8, 4) is 0 Å². The highest BCUT2D eigenvalue weighted by molar-refractivity contribution is 6.31. The Balaban J connectivity index is 1.52. The lowest BCUT2D eigenvalue weighted by atomic mass is 10.1. The van der Waals surface area contributed by atoms with E-state index in [-0.39, 0.29) is 28.9 Å². The van der Waals surface area contributed by atoms with Crippen LogP contribution in [-0.2, 0) is 22.6 Å². The summed E-state index contributed by atoms with van der Waals surface area (Å²) in [5.41, 5.74) is 1.95. The molecule has 2 atom stereocenters. The van der Waals surface area contributed by atoms with Gasteiger partial charge in [0.25, 0.3) is 0 Å². The van der Waals surface area contributed by atoms with E-state index in [1.807, 2.05) is 11.6 Å². The topological polar surface area (TPSA) is 79.7 Å². The van der Waals surface area contributed by atoms with Crippen LogP contribution in [0.2, 0.25) is 5.02 Å². The molecular weight excluding hydrogens is 413 g/mol. The first-order valence-corrected chi connectivity index (χ1v) is 10.1. The first-order valence-electron chi connectivity index (χ1n) is 9.74. The Hall–Kier alpha value is -2.65. The Morgan fingerprint density at radius 2 is 2.20 bits per heavy atom. The number of rotatable bonds is 4. The minimum Gasteiger partial charge on any atom is -0.384 e.